The summed E-state index contributed by atoms with van der Waals surface area (Å²) in [5.74, 6) is 0. The lowest BCUT2D eigenvalue weighted by Crippen LogP contribution is -2.15. The van der Waals surface area contributed by atoms with Crippen LogP contribution in [0.4, 0.5) is 5.69 Å². The number of halogens is 1. The highest BCUT2D eigenvalue weighted by Crippen LogP contribution is 2.14. The van der Waals surface area contributed by atoms with E-state index in [0.717, 1.165) is 16.9 Å². The normalized spacial score (nSPS) is 10.0. The average Bonchev–Trinajstić information content (AvgIpc) is 2.19. The van der Waals surface area contributed by atoms with Crippen LogP contribution in [0, 0.1) is 6.54 Å². The highest BCUT2D eigenvalue weighted by Gasteiger charge is 2.00. The van der Waals surface area contributed by atoms with E-state index in [2.05, 4.69) is 6.54 Å². The molecule has 1 aromatic rings. The Bertz CT molecular complexity index is 232. The van der Waals surface area contributed by atoms with Gasteiger partial charge in [-0.1, -0.05) is 18.2 Å². The number of benzene rings is 1. The summed E-state index contributed by atoms with van der Waals surface area (Å²) in [6.45, 7) is 3.38. The molecule has 0 aromatic heterocycles. The van der Waals surface area contributed by atoms with Crippen molar-refractivity contribution in [2.45, 2.75) is 0 Å². The monoisotopic (exact) mass is 215 g/mol. The Morgan fingerprint density at radius 1 is 1.46 bits per heavy atom. The van der Waals surface area contributed by atoms with Crippen LogP contribution < -0.4 is 4.90 Å². The summed E-state index contributed by atoms with van der Waals surface area (Å²) in [7, 11) is 7.18. The van der Waals surface area contributed by atoms with E-state index in [0.29, 0.717) is 6.61 Å². The molecule has 1 rings (SSSR count). The van der Waals surface area contributed by atoms with Gasteiger partial charge in [-0.25, -0.2) is 0 Å². The maximum atomic E-state index is 5.27. The van der Waals surface area contributed by atoms with Gasteiger partial charge in [0.15, 0.2) is 0 Å². The van der Waals surface area contributed by atoms with E-state index >= 15 is 0 Å². The molecule has 0 atom stereocenters. The van der Waals surface area contributed by atoms with E-state index in [-0.39, 0.29) is 0 Å². The Kier molecular flexibility index (Phi) is 5.05. The second-order valence-corrected chi connectivity index (χ2v) is 3.12. The largest absolute Gasteiger partial charge is 0.362 e. The number of anilines is 1. The number of rotatable bonds is 5. The van der Waals surface area contributed by atoms with Gasteiger partial charge in [0.2, 0.25) is 0 Å². The van der Waals surface area contributed by atoms with Gasteiger partial charge in [0, 0.05) is 12.7 Å². The van der Waals surface area contributed by atoms with Gasteiger partial charge >= 0.3 is 0 Å². The molecule has 2 radical (unpaired) electrons. The molecule has 0 saturated heterocycles. The number of likely N-dealkylation sites (N-methyl/N-ethyl adjacent to an activating group) is 1. The lowest BCUT2D eigenvalue weighted by molar-refractivity contribution is 0.414. The van der Waals surface area contributed by atoms with Crippen molar-refractivity contribution in [1.82, 2.24) is 0 Å². The Morgan fingerprint density at radius 2 is 2.15 bits per heavy atom. The summed E-state index contributed by atoms with van der Waals surface area (Å²) in [6, 6.07) is 9.93. The predicted molar refractivity (Wildman–Crippen MR) is 57.5 cm³/mol. The van der Waals surface area contributed by atoms with Gasteiger partial charge in [-0.15, -0.1) is 0 Å². The van der Waals surface area contributed by atoms with Crippen molar-refractivity contribution in [2.75, 3.05) is 18.6 Å². The summed E-state index contributed by atoms with van der Waals surface area (Å²) in [4.78, 5) is 1.87. The van der Waals surface area contributed by atoms with Gasteiger partial charge < -0.3 is 4.90 Å². The molecule has 0 spiro atoms. The van der Waals surface area contributed by atoms with E-state index in [1.165, 1.54) is 0 Å². The Morgan fingerprint density at radius 3 is 2.77 bits per heavy atom. The molecule has 0 N–H and O–H groups in total. The van der Waals surface area contributed by atoms with Crippen LogP contribution in [-0.4, -0.2) is 13.7 Å². The molecule has 2 nitrogen and oxygen atoms in total. The predicted octanol–water partition coefficient (Wildman–Crippen LogP) is 2.98. The molecule has 0 amide bonds. The lowest BCUT2D eigenvalue weighted by atomic mass is 10.3. The number of para-hydroxylation sites is 1. The number of hydrogen-bond donors (Lipinski definition) is 0. The highest BCUT2D eigenvalue weighted by atomic mass is 35.7. The van der Waals surface area contributed by atoms with Crippen molar-refractivity contribution in [1.29, 1.82) is 0 Å². The lowest BCUT2D eigenvalue weighted by Gasteiger charge is -2.16. The van der Waals surface area contributed by atoms with E-state index in [4.69, 9.17) is 14.9 Å². The minimum Gasteiger partial charge on any atom is -0.362 e. The van der Waals surface area contributed by atoms with Gasteiger partial charge in [-0.3, -0.25) is 4.18 Å². The average molecular weight is 216 g/mol. The van der Waals surface area contributed by atoms with Crippen molar-refractivity contribution in [3.63, 3.8) is 0 Å². The molecule has 0 heterocycles. The zero-order valence-electron chi connectivity index (χ0n) is 7.24. The maximum absolute atomic E-state index is 5.27. The van der Waals surface area contributed by atoms with E-state index in [9.17, 15) is 0 Å². The molecule has 0 bridgehead atoms. The van der Waals surface area contributed by atoms with Crippen LogP contribution in [0.1, 0.15) is 0 Å². The smallest absolute Gasteiger partial charge is 0.120 e. The highest BCUT2D eigenvalue weighted by molar-refractivity contribution is 8.17. The molecule has 0 unspecified atom stereocenters. The Labute approximate surface area is 87.5 Å². The van der Waals surface area contributed by atoms with Gasteiger partial charge in [-0.05, 0) is 22.8 Å². The molecule has 4 heteroatoms. The fourth-order valence-corrected chi connectivity index (χ4v) is 1.12. The van der Waals surface area contributed by atoms with Crippen LogP contribution in [0.2, 0.25) is 0 Å². The first kappa shape index (κ1) is 10.7. The summed E-state index contributed by atoms with van der Waals surface area (Å²) in [5, 5.41) is 0. The molecule has 1 aromatic carbocycles. The Hall–Kier alpha value is -0.380. The third-order valence-corrected chi connectivity index (χ3v) is 2.02. The summed E-state index contributed by atoms with van der Waals surface area (Å²) >= 11 is 0.822. The van der Waals surface area contributed by atoms with Crippen LogP contribution in [0.5, 0.6) is 0 Å². The standard InChI is InChI=1S/C9H10ClNOS/c1-11(7-8-12-13-10)9-5-3-2-4-6-9/h2-6H,8H2,1H3. The van der Waals surface area contributed by atoms with Gasteiger partial charge in [0.05, 0.1) is 6.61 Å². The molecular weight excluding hydrogens is 206 g/mol. The quantitative estimate of drug-likeness (QED) is 0.426. The zero-order chi connectivity index (χ0) is 9.52. The maximum Gasteiger partial charge on any atom is 0.120 e. The van der Waals surface area contributed by atoms with Crippen molar-refractivity contribution in [3.8, 4) is 0 Å². The minimum absolute atomic E-state index is 0.375. The van der Waals surface area contributed by atoms with E-state index < -0.39 is 0 Å². The summed E-state index contributed by atoms with van der Waals surface area (Å²) < 4.78 is 4.85. The SMILES string of the molecule is CN([C]COSCl)c1ccccc1. The van der Waals surface area contributed by atoms with Crippen molar-refractivity contribution in [2.24, 2.45) is 0 Å². The third-order valence-electron chi connectivity index (χ3n) is 1.55. The molecule has 0 aliphatic heterocycles. The van der Waals surface area contributed by atoms with Crippen molar-refractivity contribution < 1.29 is 4.18 Å². The fourth-order valence-electron chi connectivity index (χ4n) is 0.888. The van der Waals surface area contributed by atoms with Gasteiger partial charge in [0.1, 0.15) is 17.8 Å². The second-order valence-electron chi connectivity index (χ2n) is 2.38. The second kappa shape index (κ2) is 6.13. The topological polar surface area (TPSA) is 12.5 Å². The van der Waals surface area contributed by atoms with Crippen LogP contribution in [-0.2, 0) is 4.18 Å². The van der Waals surface area contributed by atoms with E-state index in [1.807, 2.05) is 42.3 Å². The van der Waals surface area contributed by atoms with Crippen molar-refractivity contribution >= 4 is 27.6 Å². The number of hydrogen-bond acceptors (Lipinski definition) is 3. The minimum atomic E-state index is 0.375. The van der Waals surface area contributed by atoms with Crippen LogP contribution in [0.15, 0.2) is 30.3 Å². The van der Waals surface area contributed by atoms with Crippen LogP contribution >= 0.6 is 21.9 Å². The number of nitrogens with zero attached hydrogens (tertiary/aromatic N) is 1. The van der Waals surface area contributed by atoms with Crippen LogP contribution in [0.25, 0.3) is 0 Å². The third kappa shape index (κ3) is 3.89. The Balaban J connectivity index is 2.35. The first-order valence-electron chi connectivity index (χ1n) is 3.77. The first-order chi connectivity index (χ1) is 6.34. The van der Waals surface area contributed by atoms with Gasteiger partial charge in [0.25, 0.3) is 0 Å². The van der Waals surface area contributed by atoms with Crippen molar-refractivity contribution in [3.05, 3.63) is 36.9 Å². The first-order valence-corrected chi connectivity index (χ1v) is 5.34. The molecule has 0 aliphatic carbocycles. The van der Waals surface area contributed by atoms with Gasteiger partial charge in [-0.2, -0.15) is 0 Å². The molecule has 0 fully saturated rings. The van der Waals surface area contributed by atoms with Crippen LogP contribution in [0.3, 0.4) is 0 Å². The zero-order valence-corrected chi connectivity index (χ0v) is 8.81. The fraction of sp³-hybridized carbons (Fsp3) is 0.222. The molecule has 0 aliphatic rings. The summed E-state index contributed by atoms with van der Waals surface area (Å²) in [5.41, 5.74) is 1.07. The molecule has 13 heavy (non-hydrogen) atoms. The molecule has 0 saturated carbocycles. The van der Waals surface area contributed by atoms with E-state index in [1.54, 1.807) is 0 Å². The summed E-state index contributed by atoms with van der Waals surface area (Å²) in [6.07, 6.45) is 0. The molecular formula is C9H10ClNOS. The molecule has 70 valence electrons.